The number of hydrogen-bond donors (Lipinski definition) is 0. The van der Waals surface area contributed by atoms with E-state index in [2.05, 4.69) is 24.8 Å². The first-order valence-corrected chi connectivity index (χ1v) is 7.86. The first-order chi connectivity index (χ1) is 11.8. The Bertz CT molecular complexity index is 811. The molecule has 0 radical (unpaired) electrons. The molecule has 0 unspecified atom stereocenters. The van der Waals surface area contributed by atoms with Crippen LogP contribution in [0.3, 0.4) is 0 Å². The monoisotopic (exact) mass is 324 g/mol. The average molecular weight is 324 g/mol. The van der Waals surface area contributed by atoms with E-state index < -0.39 is 0 Å². The van der Waals surface area contributed by atoms with Crippen LogP contribution in [-0.2, 0) is 0 Å². The van der Waals surface area contributed by atoms with Gasteiger partial charge >= 0.3 is 0 Å². The van der Waals surface area contributed by atoms with Crippen molar-refractivity contribution in [2.45, 2.75) is 0 Å². The first kappa shape index (κ1) is 14.6. The summed E-state index contributed by atoms with van der Waals surface area (Å²) >= 11 is 0. The van der Waals surface area contributed by atoms with Gasteiger partial charge in [-0.3, -0.25) is 4.57 Å². The maximum atomic E-state index is 13.9. The van der Waals surface area contributed by atoms with E-state index in [0.29, 0.717) is 5.69 Å². The van der Waals surface area contributed by atoms with Gasteiger partial charge in [-0.05, 0) is 12.1 Å². The Morgan fingerprint density at radius 2 is 1.67 bits per heavy atom. The Kier molecular flexibility index (Phi) is 3.82. The molecule has 1 aliphatic heterocycles. The summed E-state index contributed by atoms with van der Waals surface area (Å²) in [6.45, 7) is 3.08. The highest BCUT2D eigenvalue weighted by Crippen LogP contribution is 2.22. The zero-order valence-electron chi connectivity index (χ0n) is 13.1. The molecule has 6 nitrogen and oxygen atoms in total. The molecular weight excluding hydrogens is 307 g/mol. The van der Waals surface area contributed by atoms with Gasteiger partial charge in [0.25, 0.3) is 0 Å². The molecule has 1 aromatic carbocycles. The Balaban J connectivity index is 1.48. The number of nitrogens with zero attached hydrogens (tertiary/aromatic N) is 6. The van der Waals surface area contributed by atoms with Crippen LogP contribution in [0.2, 0.25) is 0 Å². The van der Waals surface area contributed by atoms with Gasteiger partial charge in [-0.15, -0.1) is 0 Å². The molecular formula is C17H17FN6. The number of piperazine rings is 1. The van der Waals surface area contributed by atoms with Crippen molar-refractivity contribution in [3.63, 3.8) is 0 Å². The molecule has 3 aromatic rings. The number of para-hydroxylation sites is 1. The van der Waals surface area contributed by atoms with Gasteiger partial charge < -0.3 is 9.80 Å². The second-order valence-electron chi connectivity index (χ2n) is 5.63. The number of aromatic nitrogens is 4. The van der Waals surface area contributed by atoms with Gasteiger partial charge in [0, 0.05) is 44.6 Å². The largest absolute Gasteiger partial charge is 0.366 e. The summed E-state index contributed by atoms with van der Waals surface area (Å²) in [4.78, 5) is 17.0. The van der Waals surface area contributed by atoms with Crippen molar-refractivity contribution in [3.05, 3.63) is 61.2 Å². The summed E-state index contributed by atoms with van der Waals surface area (Å²) in [6, 6.07) is 8.86. The molecule has 0 aliphatic carbocycles. The van der Waals surface area contributed by atoms with Crippen molar-refractivity contribution >= 4 is 11.5 Å². The highest BCUT2D eigenvalue weighted by atomic mass is 19.1. The summed E-state index contributed by atoms with van der Waals surface area (Å²) in [7, 11) is 0. The van der Waals surface area contributed by atoms with Crippen molar-refractivity contribution in [1.29, 1.82) is 0 Å². The molecule has 0 amide bonds. The van der Waals surface area contributed by atoms with Crippen molar-refractivity contribution in [1.82, 2.24) is 19.5 Å². The van der Waals surface area contributed by atoms with Crippen LogP contribution in [0.4, 0.5) is 15.9 Å². The lowest BCUT2D eigenvalue weighted by Crippen LogP contribution is -2.47. The van der Waals surface area contributed by atoms with Crippen molar-refractivity contribution < 1.29 is 4.39 Å². The quantitative estimate of drug-likeness (QED) is 0.739. The van der Waals surface area contributed by atoms with E-state index in [0.717, 1.165) is 37.8 Å². The number of anilines is 2. The highest BCUT2D eigenvalue weighted by Gasteiger charge is 2.20. The Hall–Kier alpha value is -2.96. The van der Waals surface area contributed by atoms with Crippen LogP contribution in [0.15, 0.2) is 55.4 Å². The Morgan fingerprint density at radius 1 is 0.917 bits per heavy atom. The molecule has 1 aliphatic rings. The summed E-state index contributed by atoms with van der Waals surface area (Å²) in [5.41, 5.74) is 0.666. The molecule has 2 aromatic heterocycles. The second-order valence-corrected chi connectivity index (χ2v) is 5.63. The third-order valence-corrected chi connectivity index (χ3v) is 4.20. The fourth-order valence-corrected chi connectivity index (χ4v) is 2.93. The molecule has 122 valence electrons. The molecule has 0 bridgehead atoms. The summed E-state index contributed by atoms with van der Waals surface area (Å²) < 4.78 is 15.8. The molecule has 4 rings (SSSR count). The average Bonchev–Trinajstić information content (AvgIpc) is 3.17. The van der Waals surface area contributed by atoms with Crippen LogP contribution in [0.1, 0.15) is 0 Å². The standard InChI is InChI=1S/C17H17FN6/c18-14-3-1-2-4-15(14)22-7-9-23(10-8-22)16-11-17(21-12-20-16)24-6-5-19-13-24/h1-6,11-13H,7-10H2. The maximum absolute atomic E-state index is 13.9. The topological polar surface area (TPSA) is 50.1 Å². The highest BCUT2D eigenvalue weighted by molar-refractivity contribution is 5.51. The van der Waals surface area contributed by atoms with Gasteiger partial charge in [0.15, 0.2) is 0 Å². The van der Waals surface area contributed by atoms with Crippen LogP contribution in [0, 0.1) is 5.82 Å². The van der Waals surface area contributed by atoms with Crippen molar-refractivity contribution in [2.75, 3.05) is 36.0 Å². The van der Waals surface area contributed by atoms with E-state index in [1.54, 1.807) is 24.9 Å². The molecule has 0 atom stereocenters. The molecule has 3 heterocycles. The lowest BCUT2D eigenvalue weighted by Gasteiger charge is -2.36. The zero-order valence-corrected chi connectivity index (χ0v) is 13.1. The number of rotatable bonds is 3. The zero-order chi connectivity index (χ0) is 16.4. The predicted octanol–water partition coefficient (Wildman–Crippen LogP) is 2.13. The number of imidazole rings is 1. The summed E-state index contributed by atoms with van der Waals surface area (Å²) in [5.74, 6) is 1.49. The molecule has 0 spiro atoms. The van der Waals surface area contributed by atoms with E-state index in [9.17, 15) is 4.39 Å². The van der Waals surface area contributed by atoms with Gasteiger partial charge in [-0.2, -0.15) is 0 Å². The molecule has 1 saturated heterocycles. The minimum Gasteiger partial charge on any atom is -0.366 e. The minimum atomic E-state index is -0.171. The van der Waals surface area contributed by atoms with E-state index in [1.165, 1.54) is 6.07 Å². The smallest absolute Gasteiger partial charge is 0.146 e. The van der Waals surface area contributed by atoms with Crippen LogP contribution in [-0.4, -0.2) is 45.7 Å². The second kappa shape index (κ2) is 6.27. The van der Waals surface area contributed by atoms with Crippen molar-refractivity contribution in [3.8, 4) is 5.82 Å². The third kappa shape index (κ3) is 2.80. The molecule has 7 heteroatoms. The molecule has 0 saturated carbocycles. The van der Waals surface area contributed by atoms with Gasteiger partial charge in [0.1, 0.15) is 30.1 Å². The molecule has 1 fully saturated rings. The Morgan fingerprint density at radius 3 is 2.42 bits per heavy atom. The maximum Gasteiger partial charge on any atom is 0.146 e. The Labute approximate surface area is 139 Å². The van der Waals surface area contributed by atoms with Crippen LogP contribution < -0.4 is 9.80 Å². The lowest BCUT2D eigenvalue weighted by atomic mass is 10.2. The summed E-state index contributed by atoms with van der Waals surface area (Å²) in [5, 5.41) is 0. The lowest BCUT2D eigenvalue weighted by molar-refractivity contribution is 0.596. The predicted molar refractivity (Wildman–Crippen MR) is 90.0 cm³/mol. The fourth-order valence-electron chi connectivity index (χ4n) is 2.93. The van der Waals surface area contributed by atoms with Gasteiger partial charge in [-0.1, -0.05) is 12.1 Å². The van der Waals surface area contributed by atoms with Crippen LogP contribution in [0.5, 0.6) is 0 Å². The SMILES string of the molecule is Fc1ccccc1N1CCN(c2cc(-n3ccnc3)ncn2)CC1. The van der Waals surface area contributed by atoms with Crippen LogP contribution >= 0.6 is 0 Å². The number of halogens is 1. The van der Waals surface area contributed by atoms with E-state index in [1.807, 2.05) is 29.0 Å². The minimum absolute atomic E-state index is 0.171. The number of hydrogen-bond acceptors (Lipinski definition) is 5. The molecule has 24 heavy (non-hydrogen) atoms. The number of benzene rings is 1. The van der Waals surface area contributed by atoms with E-state index in [-0.39, 0.29) is 5.82 Å². The van der Waals surface area contributed by atoms with Gasteiger partial charge in [0.05, 0.1) is 5.69 Å². The normalized spacial score (nSPS) is 14.9. The fraction of sp³-hybridized carbons (Fsp3) is 0.235. The van der Waals surface area contributed by atoms with E-state index in [4.69, 9.17) is 0 Å². The first-order valence-electron chi connectivity index (χ1n) is 7.86. The van der Waals surface area contributed by atoms with E-state index >= 15 is 0 Å². The third-order valence-electron chi connectivity index (χ3n) is 4.20. The van der Waals surface area contributed by atoms with Crippen LogP contribution in [0.25, 0.3) is 5.82 Å². The molecule has 0 N–H and O–H groups in total. The van der Waals surface area contributed by atoms with Gasteiger partial charge in [-0.25, -0.2) is 19.3 Å². The van der Waals surface area contributed by atoms with Crippen molar-refractivity contribution in [2.24, 2.45) is 0 Å². The summed E-state index contributed by atoms with van der Waals surface area (Å²) in [6.07, 6.45) is 6.84. The van der Waals surface area contributed by atoms with Gasteiger partial charge in [0.2, 0.25) is 0 Å².